The Morgan fingerprint density at radius 3 is 2.88 bits per heavy atom. The van der Waals surface area contributed by atoms with Gasteiger partial charge < -0.3 is 5.32 Å². The van der Waals surface area contributed by atoms with E-state index in [-0.39, 0.29) is 0 Å². The Hall–Kier alpha value is -1.95. The molecule has 0 radical (unpaired) electrons. The average molecular weight is 326 g/mol. The van der Waals surface area contributed by atoms with E-state index in [1.807, 2.05) is 13.0 Å². The highest BCUT2D eigenvalue weighted by atomic mass is 15.2. The van der Waals surface area contributed by atoms with E-state index in [1.165, 1.54) is 42.6 Å². The Kier molecular flexibility index (Phi) is 4.47. The molecule has 0 saturated carbocycles. The third-order valence-electron chi connectivity index (χ3n) is 5.26. The molecule has 2 N–H and O–H groups in total. The second-order valence-electron chi connectivity index (χ2n) is 7.07. The summed E-state index contributed by atoms with van der Waals surface area (Å²) in [6.45, 7) is 5.22. The molecule has 1 aliphatic carbocycles. The standard InChI is InChI=1S/C18H26N6/c1-13-10-18(20-12-19-13)21-14-6-8-24(9-7-14)11-17-15-4-2-3-5-16(15)22-23-17/h10,12,14H,2-9,11H2,1H3,(H,22,23)(H,19,20,21). The van der Waals surface area contributed by atoms with Gasteiger partial charge in [0.2, 0.25) is 0 Å². The zero-order chi connectivity index (χ0) is 16.4. The third kappa shape index (κ3) is 3.43. The molecule has 2 aromatic rings. The van der Waals surface area contributed by atoms with Crippen LogP contribution in [0.4, 0.5) is 5.82 Å². The number of hydrogen-bond acceptors (Lipinski definition) is 5. The summed E-state index contributed by atoms with van der Waals surface area (Å²) in [5, 5.41) is 11.4. The zero-order valence-corrected chi connectivity index (χ0v) is 14.4. The lowest BCUT2D eigenvalue weighted by Gasteiger charge is -2.32. The van der Waals surface area contributed by atoms with E-state index >= 15 is 0 Å². The summed E-state index contributed by atoms with van der Waals surface area (Å²) in [5.41, 5.74) is 5.17. The van der Waals surface area contributed by atoms with Gasteiger partial charge in [-0.3, -0.25) is 10.00 Å². The maximum Gasteiger partial charge on any atom is 0.129 e. The van der Waals surface area contributed by atoms with Gasteiger partial charge in [-0.1, -0.05) is 0 Å². The molecule has 6 heteroatoms. The van der Waals surface area contributed by atoms with E-state index < -0.39 is 0 Å². The first-order chi connectivity index (χ1) is 11.8. The molecule has 0 unspecified atom stereocenters. The zero-order valence-electron chi connectivity index (χ0n) is 14.4. The quantitative estimate of drug-likeness (QED) is 0.903. The fourth-order valence-corrected chi connectivity index (χ4v) is 3.87. The summed E-state index contributed by atoms with van der Waals surface area (Å²) in [7, 11) is 0. The molecule has 0 spiro atoms. The Morgan fingerprint density at radius 1 is 1.21 bits per heavy atom. The molecule has 128 valence electrons. The summed E-state index contributed by atoms with van der Waals surface area (Å²) >= 11 is 0. The topological polar surface area (TPSA) is 69.7 Å². The average Bonchev–Trinajstić information content (AvgIpc) is 3.00. The van der Waals surface area contributed by atoms with Crippen LogP contribution in [0.25, 0.3) is 0 Å². The number of hydrogen-bond donors (Lipinski definition) is 2. The second kappa shape index (κ2) is 6.89. The monoisotopic (exact) mass is 326 g/mol. The number of fused-ring (bicyclic) bond motifs is 1. The van der Waals surface area contributed by atoms with Gasteiger partial charge in [0.05, 0.1) is 5.69 Å². The lowest BCUT2D eigenvalue weighted by molar-refractivity contribution is 0.208. The molecule has 1 saturated heterocycles. The van der Waals surface area contributed by atoms with Crippen LogP contribution < -0.4 is 5.32 Å². The van der Waals surface area contributed by atoms with Crippen LogP contribution in [0.1, 0.15) is 48.3 Å². The van der Waals surface area contributed by atoms with Crippen LogP contribution in [0.2, 0.25) is 0 Å². The van der Waals surface area contributed by atoms with Crippen LogP contribution >= 0.6 is 0 Å². The maximum atomic E-state index is 4.59. The minimum Gasteiger partial charge on any atom is -0.367 e. The van der Waals surface area contributed by atoms with Crippen molar-refractivity contribution in [2.45, 2.75) is 58.0 Å². The van der Waals surface area contributed by atoms with Gasteiger partial charge >= 0.3 is 0 Å². The number of aryl methyl sites for hydroxylation is 2. The summed E-state index contributed by atoms with van der Waals surface area (Å²) in [6, 6.07) is 2.52. The largest absolute Gasteiger partial charge is 0.367 e. The molecule has 2 aliphatic rings. The van der Waals surface area contributed by atoms with Crippen molar-refractivity contribution in [2.24, 2.45) is 0 Å². The van der Waals surface area contributed by atoms with Gasteiger partial charge in [0, 0.05) is 43.1 Å². The van der Waals surface area contributed by atoms with E-state index in [9.17, 15) is 0 Å². The van der Waals surface area contributed by atoms with Gasteiger partial charge in [-0.05, 0) is 51.0 Å². The maximum absolute atomic E-state index is 4.59. The van der Waals surface area contributed by atoms with Crippen LogP contribution in [0.15, 0.2) is 12.4 Å². The smallest absolute Gasteiger partial charge is 0.129 e. The van der Waals surface area contributed by atoms with Gasteiger partial charge in [0.15, 0.2) is 0 Å². The van der Waals surface area contributed by atoms with Crippen LogP contribution in [0, 0.1) is 6.92 Å². The molecule has 0 bridgehead atoms. The van der Waals surface area contributed by atoms with Crippen molar-refractivity contribution in [3.63, 3.8) is 0 Å². The third-order valence-corrected chi connectivity index (χ3v) is 5.26. The Morgan fingerprint density at radius 2 is 2.04 bits per heavy atom. The number of nitrogens with zero attached hydrogens (tertiary/aromatic N) is 4. The van der Waals surface area contributed by atoms with Crippen molar-refractivity contribution in [2.75, 3.05) is 18.4 Å². The highest BCUT2D eigenvalue weighted by Crippen LogP contribution is 2.24. The molecule has 4 rings (SSSR count). The van der Waals surface area contributed by atoms with Crippen molar-refractivity contribution < 1.29 is 0 Å². The number of aromatic nitrogens is 4. The summed E-state index contributed by atoms with van der Waals surface area (Å²) in [5.74, 6) is 0.947. The highest BCUT2D eigenvalue weighted by molar-refractivity contribution is 5.35. The molecule has 3 heterocycles. The molecule has 0 aromatic carbocycles. The number of anilines is 1. The van der Waals surface area contributed by atoms with E-state index in [0.29, 0.717) is 6.04 Å². The van der Waals surface area contributed by atoms with Crippen molar-refractivity contribution in [3.05, 3.63) is 35.0 Å². The summed E-state index contributed by atoms with van der Waals surface area (Å²) < 4.78 is 0. The number of rotatable bonds is 4. The van der Waals surface area contributed by atoms with Crippen molar-refractivity contribution >= 4 is 5.82 Å². The lowest BCUT2D eigenvalue weighted by atomic mass is 9.95. The predicted molar refractivity (Wildman–Crippen MR) is 93.9 cm³/mol. The molecule has 24 heavy (non-hydrogen) atoms. The SMILES string of the molecule is Cc1cc(NC2CCN(Cc3n[nH]c4c3CCCC4)CC2)ncn1. The van der Waals surface area contributed by atoms with E-state index in [1.54, 1.807) is 6.33 Å². The van der Waals surface area contributed by atoms with Crippen molar-refractivity contribution in [1.29, 1.82) is 0 Å². The fourth-order valence-electron chi connectivity index (χ4n) is 3.87. The van der Waals surface area contributed by atoms with Gasteiger partial charge in [0.25, 0.3) is 0 Å². The molecule has 6 nitrogen and oxygen atoms in total. The van der Waals surface area contributed by atoms with Crippen LogP contribution in [0.5, 0.6) is 0 Å². The molecular formula is C18H26N6. The van der Waals surface area contributed by atoms with Gasteiger partial charge in [0.1, 0.15) is 12.1 Å². The molecule has 2 aromatic heterocycles. The van der Waals surface area contributed by atoms with Crippen LogP contribution in [-0.4, -0.2) is 44.2 Å². The first-order valence-electron chi connectivity index (χ1n) is 9.10. The van der Waals surface area contributed by atoms with Gasteiger partial charge in [-0.25, -0.2) is 9.97 Å². The van der Waals surface area contributed by atoms with E-state index in [4.69, 9.17) is 0 Å². The number of nitrogens with one attached hydrogen (secondary N) is 2. The van der Waals surface area contributed by atoms with Crippen LogP contribution in [0.3, 0.4) is 0 Å². The van der Waals surface area contributed by atoms with Gasteiger partial charge in [-0.2, -0.15) is 5.10 Å². The van der Waals surface area contributed by atoms with Gasteiger partial charge in [-0.15, -0.1) is 0 Å². The molecule has 0 amide bonds. The van der Waals surface area contributed by atoms with Crippen molar-refractivity contribution in [3.8, 4) is 0 Å². The molecule has 0 atom stereocenters. The number of aromatic amines is 1. The summed E-state index contributed by atoms with van der Waals surface area (Å²) in [6.07, 6.45) is 8.91. The number of piperidine rings is 1. The van der Waals surface area contributed by atoms with Crippen LogP contribution in [-0.2, 0) is 19.4 Å². The van der Waals surface area contributed by atoms with Crippen molar-refractivity contribution in [1.82, 2.24) is 25.1 Å². The lowest BCUT2D eigenvalue weighted by Crippen LogP contribution is -2.39. The van der Waals surface area contributed by atoms with E-state index in [0.717, 1.165) is 44.0 Å². The fraction of sp³-hybridized carbons (Fsp3) is 0.611. The first kappa shape index (κ1) is 15.6. The predicted octanol–water partition coefficient (Wildman–Crippen LogP) is 2.46. The molecule has 1 aliphatic heterocycles. The minimum absolute atomic E-state index is 0.503. The number of likely N-dealkylation sites (tertiary alicyclic amines) is 1. The Labute approximate surface area is 143 Å². The molecular weight excluding hydrogens is 300 g/mol. The Bertz CT molecular complexity index is 687. The minimum atomic E-state index is 0.503. The number of H-pyrrole nitrogens is 1. The Balaban J connectivity index is 1.31. The second-order valence-corrected chi connectivity index (χ2v) is 7.07. The molecule has 1 fully saturated rings. The van der Waals surface area contributed by atoms with E-state index in [2.05, 4.69) is 30.4 Å². The normalized spacial score (nSPS) is 19.2. The summed E-state index contributed by atoms with van der Waals surface area (Å²) in [4.78, 5) is 11.0. The highest BCUT2D eigenvalue weighted by Gasteiger charge is 2.23. The first-order valence-corrected chi connectivity index (χ1v) is 9.10.